The van der Waals surface area contributed by atoms with E-state index in [0.29, 0.717) is 24.0 Å². The van der Waals surface area contributed by atoms with Gasteiger partial charge in [0, 0.05) is 18.3 Å². The number of para-hydroxylation sites is 2. The fourth-order valence-corrected chi connectivity index (χ4v) is 2.63. The van der Waals surface area contributed by atoms with Crippen LogP contribution in [0.4, 0.5) is 21.8 Å². The molecule has 5 nitrogen and oxygen atoms in total. The Morgan fingerprint density at radius 1 is 1.04 bits per heavy atom. The number of anilines is 3. The van der Waals surface area contributed by atoms with E-state index in [1.165, 1.54) is 6.07 Å². The van der Waals surface area contributed by atoms with Crippen molar-refractivity contribution in [2.75, 3.05) is 24.3 Å². The summed E-state index contributed by atoms with van der Waals surface area (Å²) in [6, 6.07) is 16.2. The van der Waals surface area contributed by atoms with Crippen LogP contribution in [0.3, 0.4) is 0 Å². The summed E-state index contributed by atoms with van der Waals surface area (Å²) in [6.45, 7) is 2.57. The van der Waals surface area contributed by atoms with Gasteiger partial charge in [0.2, 0.25) is 5.95 Å². The number of methoxy groups -OCH3 is 1. The Hall–Kier alpha value is -3.15. The van der Waals surface area contributed by atoms with Crippen LogP contribution < -0.4 is 15.4 Å². The van der Waals surface area contributed by atoms with Crippen LogP contribution in [-0.2, 0) is 6.42 Å². The molecule has 0 unspecified atom stereocenters. The molecular formula is C20H21FN4O. The zero-order chi connectivity index (χ0) is 18.4. The average Bonchev–Trinajstić information content (AvgIpc) is 2.64. The van der Waals surface area contributed by atoms with Crippen LogP contribution in [0.5, 0.6) is 5.75 Å². The van der Waals surface area contributed by atoms with Gasteiger partial charge >= 0.3 is 0 Å². The van der Waals surface area contributed by atoms with Crippen molar-refractivity contribution >= 4 is 17.5 Å². The second kappa shape index (κ2) is 8.29. The number of aryl methyl sites for hydroxylation is 1. The number of benzene rings is 2. The lowest BCUT2D eigenvalue weighted by Crippen LogP contribution is -2.09. The number of rotatable bonds is 7. The summed E-state index contributed by atoms with van der Waals surface area (Å²) in [4.78, 5) is 8.73. The molecule has 0 atom stereocenters. The van der Waals surface area contributed by atoms with Crippen LogP contribution in [0.15, 0.2) is 54.6 Å². The topological polar surface area (TPSA) is 59.1 Å². The predicted octanol–water partition coefficient (Wildman–Crippen LogP) is 4.33. The first-order valence-corrected chi connectivity index (χ1v) is 8.38. The highest BCUT2D eigenvalue weighted by Crippen LogP contribution is 2.20. The smallest absolute Gasteiger partial charge is 0.229 e. The van der Waals surface area contributed by atoms with Gasteiger partial charge in [-0.1, -0.05) is 30.3 Å². The van der Waals surface area contributed by atoms with E-state index in [9.17, 15) is 4.39 Å². The predicted molar refractivity (Wildman–Crippen MR) is 102 cm³/mol. The van der Waals surface area contributed by atoms with Crippen molar-refractivity contribution in [1.82, 2.24) is 9.97 Å². The van der Waals surface area contributed by atoms with Crippen LogP contribution in [0.25, 0.3) is 0 Å². The summed E-state index contributed by atoms with van der Waals surface area (Å²) in [5.41, 5.74) is 2.26. The van der Waals surface area contributed by atoms with Gasteiger partial charge in [-0.3, -0.25) is 0 Å². The van der Waals surface area contributed by atoms with Crippen molar-refractivity contribution in [3.8, 4) is 5.75 Å². The average molecular weight is 352 g/mol. The number of hydrogen-bond acceptors (Lipinski definition) is 5. The molecule has 1 aromatic heterocycles. The second-order valence-electron chi connectivity index (χ2n) is 5.81. The number of nitrogens with zero attached hydrogens (tertiary/aromatic N) is 2. The first kappa shape index (κ1) is 17.7. The molecular weight excluding hydrogens is 331 g/mol. The number of nitrogens with one attached hydrogen (secondary N) is 2. The third kappa shape index (κ3) is 4.47. The Balaban J connectivity index is 1.67. The van der Waals surface area contributed by atoms with Gasteiger partial charge in [0.15, 0.2) is 0 Å². The highest BCUT2D eigenvalue weighted by atomic mass is 19.1. The molecule has 0 aliphatic carbocycles. The van der Waals surface area contributed by atoms with E-state index in [-0.39, 0.29) is 5.82 Å². The second-order valence-corrected chi connectivity index (χ2v) is 5.81. The van der Waals surface area contributed by atoms with E-state index >= 15 is 0 Å². The normalized spacial score (nSPS) is 10.4. The number of aromatic nitrogens is 2. The first-order valence-electron chi connectivity index (χ1n) is 8.38. The van der Waals surface area contributed by atoms with Crippen molar-refractivity contribution in [2.45, 2.75) is 13.3 Å². The van der Waals surface area contributed by atoms with E-state index in [1.807, 2.05) is 37.3 Å². The number of hydrogen-bond donors (Lipinski definition) is 2. The van der Waals surface area contributed by atoms with Crippen LogP contribution in [0, 0.1) is 12.7 Å². The van der Waals surface area contributed by atoms with E-state index in [0.717, 1.165) is 23.4 Å². The molecule has 3 rings (SSSR count). The Labute approximate surface area is 152 Å². The largest absolute Gasteiger partial charge is 0.496 e. The van der Waals surface area contributed by atoms with E-state index in [2.05, 4.69) is 20.6 Å². The zero-order valence-corrected chi connectivity index (χ0v) is 14.8. The molecule has 2 N–H and O–H groups in total. The highest BCUT2D eigenvalue weighted by molar-refractivity contribution is 5.55. The molecule has 0 fully saturated rings. The van der Waals surface area contributed by atoms with Gasteiger partial charge in [-0.25, -0.2) is 9.37 Å². The summed E-state index contributed by atoms with van der Waals surface area (Å²) in [6.07, 6.45) is 0.795. The molecule has 134 valence electrons. The Morgan fingerprint density at radius 3 is 2.62 bits per heavy atom. The van der Waals surface area contributed by atoms with E-state index in [1.54, 1.807) is 25.3 Å². The lowest BCUT2D eigenvalue weighted by molar-refractivity contribution is 0.410. The van der Waals surface area contributed by atoms with Gasteiger partial charge < -0.3 is 15.4 Å². The quantitative estimate of drug-likeness (QED) is 0.663. The van der Waals surface area contributed by atoms with Crippen LogP contribution >= 0.6 is 0 Å². The lowest BCUT2D eigenvalue weighted by atomic mass is 10.1. The SMILES string of the molecule is COc1ccccc1CCNc1cc(C)nc(Nc2ccccc2F)n1. The third-order valence-electron chi connectivity index (χ3n) is 3.87. The van der Waals surface area contributed by atoms with Gasteiger partial charge in [0.1, 0.15) is 17.4 Å². The Bertz CT molecular complexity index is 885. The Kier molecular flexibility index (Phi) is 5.63. The molecule has 0 aliphatic rings. The fraction of sp³-hybridized carbons (Fsp3) is 0.200. The number of ether oxygens (including phenoxy) is 1. The molecule has 0 aliphatic heterocycles. The summed E-state index contributed by atoms with van der Waals surface area (Å²) in [5, 5.41) is 6.21. The van der Waals surface area contributed by atoms with Crippen molar-refractivity contribution in [3.63, 3.8) is 0 Å². The molecule has 0 spiro atoms. The minimum atomic E-state index is -0.344. The zero-order valence-electron chi connectivity index (χ0n) is 14.8. The minimum absolute atomic E-state index is 0.344. The monoisotopic (exact) mass is 352 g/mol. The first-order chi connectivity index (χ1) is 12.7. The minimum Gasteiger partial charge on any atom is -0.496 e. The molecule has 0 saturated heterocycles. The van der Waals surface area contributed by atoms with Gasteiger partial charge in [-0.2, -0.15) is 4.98 Å². The molecule has 6 heteroatoms. The molecule has 0 radical (unpaired) electrons. The molecule has 0 saturated carbocycles. The van der Waals surface area contributed by atoms with Crippen molar-refractivity contribution in [2.24, 2.45) is 0 Å². The third-order valence-corrected chi connectivity index (χ3v) is 3.87. The van der Waals surface area contributed by atoms with Gasteiger partial charge in [0.25, 0.3) is 0 Å². The maximum Gasteiger partial charge on any atom is 0.229 e. The Morgan fingerprint density at radius 2 is 1.81 bits per heavy atom. The summed E-state index contributed by atoms with van der Waals surface area (Å²) in [7, 11) is 1.67. The van der Waals surface area contributed by atoms with E-state index in [4.69, 9.17) is 4.74 Å². The van der Waals surface area contributed by atoms with E-state index < -0.39 is 0 Å². The summed E-state index contributed by atoms with van der Waals surface area (Å²) >= 11 is 0. The molecule has 26 heavy (non-hydrogen) atoms. The molecule has 2 aromatic carbocycles. The maximum absolute atomic E-state index is 13.8. The maximum atomic E-state index is 13.8. The van der Waals surface area contributed by atoms with Crippen LogP contribution in [-0.4, -0.2) is 23.6 Å². The molecule has 3 aromatic rings. The molecule has 0 amide bonds. The van der Waals surface area contributed by atoms with Crippen LogP contribution in [0.2, 0.25) is 0 Å². The summed E-state index contributed by atoms with van der Waals surface area (Å²) < 4.78 is 19.2. The van der Waals surface area contributed by atoms with Gasteiger partial charge in [-0.15, -0.1) is 0 Å². The highest BCUT2D eigenvalue weighted by Gasteiger charge is 2.07. The van der Waals surface area contributed by atoms with Gasteiger partial charge in [0.05, 0.1) is 12.8 Å². The summed E-state index contributed by atoms with van der Waals surface area (Å²) in [5.74, 6) is 1.57. The molecule has 1 heterocycles. The van der Waals surface area contributed by atoms with Gasteiger partial charge in [-0.05, 0) is 37.1 Å². The fourth-order valence-electron chi connectivity index (χ4n) is 2.63. The standard InChI is InChI=1S/C20H21FN4O/c1-14-13-19(22-12-11-15-7-3-6-10-18(15)26-2)25-20(23-14)24-17-9-5-4-8-16(17)21/h3-10,13H,11-12H2,1-2H3,(H2,22,23,24,25). The van der Waals surface area contributed by atoms with Crippen molar-refractivity contribution in [1.29, 1.82) is 0 Å². The van der Waals surface area contributed by atoms with Crippen molar-refractivity contribution < 1.29 is 9.13 Å². The number of halogens is 1. The lowest BCUT2D eigenvalue weighted by Gasteiger charge is -2.11. The van der Waals surface area contributed by atoms with Crippen LogP contribution in [0.1, 0.15) is 11.3 Å². The van der Waals surface area contributed by atoms with Crippen molar-refractivity contribution in [3.05, 3.63) is 71.7 Å². The molecule has 0 bridgehead atoms.